The number of hydrogen-bond donors (Lipinski definition) is 1. The minimum absolute atomic E-state index is 0.398. The number of pyridine rings is 1. The highest BCUT2D eigenvalue weighted by atomic mass is 32.2. The fraction of sp³-hybridized carbons (Fsp3) is 0.250. The van der Waals surface area contributed by atoms with Crippen LogP contribution in [0.4, 0.5) is 4.79 Å². The third-order valence-electron chi connectivity index (χ3n) is 1.29. The summed E-state index contributed by atoms with van der Waals surface area (Å²) in [7, 11) is 0. The number of carbonyl (C=O) groups is 1. The van der Waals surface area contributed by atoms with Crippen LogP contribution in [0.15, 0.2) is 29.4 Å². The van der Waals surface area contributed by atoms with Crippen molar-refractivity contribution in [1.82, 2.24) is 10.3 Å². The van der Waals surface area contributed by atoms with E-state index in [2.05, 4.69) is 10.3 Å². The van der Waals surface area contributed by atoms with Crippen LogP contribution in [0.2, 0.25) is 0 Å². The molecule has 0 aliphatic carbocycles. The summed E-state index contributed by atoms with van der Waals surface area (Å²) in [6.07, 6.45) is 2.18. The van der Waals surface area contributed by atoms with Crippen molar-refractivity contribution in [2.24, 2.45) is 0 Å². The lowest BCUT2D eigenvalue weighted by Gasteiger charge is -1.99. The molecule has 5 heteroatoms. The molecule has 13 heavy (non-hydrogen) atoms. The van der Waals surface area contributed by atoms with Gasteiger partial charge in [0.05, 0.1) is 0 Å². The maximum absolute atomic E-state index is 9.97. The van der Waals surface area contributed by atoms with E-state index in [9.17, 15) is 9.90 Å². The molecule has 1 aromatic rings. The standard InChI is InChI=1S/C8H9N2O2S/c11-8(12)10-5-6-13-7-1-3-9-4-2-7/h1-4,10H,5-6H2. The largest absolute Gasteiger partial charge is 0.450 e. The van der Waals surface area contributed by atoms with Crippen molar-refractivity contribution in [3.05, 3.63) is 24.5 Å². The second-order valence-electron chi connectivity index (χ2n) is 2.25. The van der Waals surface area contributed by atoms with Crippen LogP contribution in [0.5, 0.6) is 0 Å². The monoisotopic (exact) mass is 197 g/mol. The second-order valence-corrected chi connectivity index (χ2v) is 3.41. The average molecular weight is 197 g/mol. The normalized spacial score (nSPS) is 9.54. The lowest BCUT2D eigenvalue weighted by atomic mass is 10.5. The first kappa shape index (κ1) is 9.85. The Morgan fingerprint density at radius 2 is 2.15 bits per heavy atom. The number of hydrogen-bond acceptors (Lipinski definition) is 3. The van der Waals surface area contributed by atoms with E-state index in [4.69, 9.17) is 0 Å². The van der Waals surface area contributed by atoms with E-state index in [-0.39, 0.29) is 0 Å². The fourth-order valence-electron chi connectivity index (χ4n) is 0.756. The molecule has 1 N–H and O–H groups in total. The maximum atomic E-state index is 9.97. The van der Waals surface area contributed by atoms with Crippen molar-refractivity contribution in [2.75, 3.05) is 12.3 Å². The summed E-state index contributed by atoms with van der Waals surface area (Å²) in [6.45, 7) is 0.398. The molecule has 0 atom stereocenters. The SMILES string of the molecule is [O]C(=O)NCCSc1ccncc1. The Kier molecular flexibility index (Phi) is 4.11. The summed E-state index contributed by atoms with van der Waals surface area (Å²) in [6, 6.07) is 3.76. The van der Waals surface area contributed by atoms with Crippen LogP contribution < -0.4 is 5.32 Å². The van der Waals surface area contributed by atoms with Gasteiger partial charge in [0.25, 0.3) is 0 Å². The first-order valence-electron chi connectivity index (χ1n) is 3.77. The van der Waals surface area contributed by atoms with Crippen LogP contribution in [0, 0.1) is 0 Å². The summed E-state index contributed by atoms with van der Waals surface area (Å²) in [5.74, 6) is 0.692. The highest BCUT2D eigenvalue weighted by Gasteiger charge is 1.96. The van der Waals surface area contributed by atoms with Crippen molar-refractivity contribution < 1.29 is 9.90 Å². The van der Waals surface area contributed by atoms with E-state index < -0.39 is 6.09 Å². The van der Waals surface area contributed by atoms with E-state index in [1.807, 2.05) is 12.1 Å². The van der Waals surface area contributed by atoms with Gasteiger partial charge >= 0.3 is 6.09 Å². The van der Waals surface area contributed by atoms with Gasteiger partial charge in [0.1, 0.15) is 0 Å². The zero-order valence-corrected chi connectivity index (χ0v) is 7.71. The van der Waals surface area contributed by atoms with Crippen LogP contribution in [0.1, 0.15) is 0 Å². The van der Waals surface area contributed by atoms with E-state index in [0.29, 0.717) is 12.3 Å². The molecule has 0 aromatic carbocycles. The topological polar surface area (TPSA) is 61.9 Å². The molecule has 1 radical (unpaired) electrons. The lowest BCUT2D eigenvalue weighted by Crippen LogP contribution is -2.22. The molecule has 1 rings (SSSR count). The molecule has 0 aliphatic rings. The molecule has 0 fully saturated rings. The number of thioether (sulfide) groups is 1. The minimum Gasteiger partial charge on any atom is -0.318 e. The lowest BCUT2D eigenvalue weighted by molar-refractivity contribution is 0.169. The molecular formula is C8H9N2O2S. The van der Waals surface area contributed by atoms with Gasteiger partial charge in [0.2, 0.25) is 0 Å². The van der Waals surface area contributed by atoms with Gasteiger partial charge < -0.3 is 5.32 Å². The Labute approximate surface area is 80.4 Å². The van der Waals surface area contributed by atoms with Crippen LogP contribution in [0.3, 0.4) is 0 Å². The molecule has 1 heterocycles. The maximum Gasteiger partial charge on any atom is 0.450 e. The Morgan fingerprint density at radius 3 is 2.77 bits per heavy atom. The molecule has 0 bridgehead atoms. The van der Waals surface area contributed by atoms with Crippen molar-refractivity contribution in [3.8, 4) is 0 Å². The van der Waals surface area contributed by atoms with Crippen molar-refractivity contribution >= 4 is 17.9 Å². The summed E-state index contributed by atoms with van der Waals surface area (Å²) in [4.78, 5) is 14.9. The van der Waals surface area contributed by atoms with Gasteiger partial charge in [-0.1, -0.05) is 0 Å². The number of rotatable bonds is 4. The van der Waals surface area contributed by atoms with Gasteiger partial charge in [-0.2, -0.15) is 0 Å². The van der Waals surface area contributed by atoms with E-state index in [1.54, 1.807) is 24.2 Å². The number of aromatic nitrogens is 1. The summed E-state index contributed by atoms with van der Waals surface area (Å²) in [5.41, 5.74) is 0. The zero-order chi connectivity index (χ0) is 9.52. The molecule has 4 nitrogen and oxygen atoms in total. The van der Waals surface area contributed by atoms with Gasteiger partial charge in [-0.15, -0.1) is 11.8 Å². The summed E-state index contributed by atoms with van der Waals surface area (Å²) >= 11 is 1.57. The average Bonchev–Trinajstić information content (AvgIpc) is 2.14. The number of carbonyl (C=O) groups excluding carboxylic acids is 1. The molecule has 0 saturated heterocycles. The Bertz CT molecular complexity index is 266. The van der Waals surface area contributed by atoms with E-state index >= 15 is 0 Å². The Balaban J connectivity index is 2.17. The van der Waals surface area contributed by atoms with Crippen molar-refractivity contribution in [2.45, 2.75) is 4.90 Å². The molecule has 0 unspecified atom stereocenters. The van der Waals surface area contributed by atoms with Crippen LogP contribution in [0.25, 0.3) is 0 Å². The number of amides is 1. The van der Waals surface area contributed by atoms with Crippen LogP contribution in [-0.4, -0.2) is 23.4 Å². The third kappa shape index (κ3) is 4.37. The smallest absolute Gasteiger partial charge is 0.318 e. The quantitative estimate of drug-likeness (QED) is 0.584. The first-order chi connectivity index (χ1) is 6.29. The Morgan fingerprint density at radius 1 is 1.46 bits per heavy atom. The molecule has 0 aliphatic heterocycles. The predicted octanol–water partition coefficient (Wildman–Crippen LogP) is 1.31. The van der Waals surface area contributed by atoms with Gasteiger partial charge in [0.15, 0.2) is 0 Å². The van der Waals surface area contributed by atoms with Gasteiger partial charge in [-0.05, 0) is 12.1 Å². The summed E-state index contributed by atoms with van der Waals surface area (Å²) in [5, 5.41) is 12.2. The number of nitrogens with one attached hydrogen (secondary N) is 1. The van der Waals surface area contributed by atoms with Gasteiger partial charge in [0, 0.05) is 29.6 Å². The van der Waals surface area contributed by atoms with Crippen LogP contribution in [-0.2, 0) is 5.11 Å². The van der Waals surface area contributed by atoms with E-state index in [1.165, 1.54) is 0 Å². The zero-order valence-electron chi connectivity index (χ0n) is 6.90. The Hall–Kier alpha value is -1.23. The second kappa shape index (κ2) is 5.42. The molecular weight excluding hydrogens is 188 g/mol. The van der Waals surface area contributed by atoms with E-state index in [0.717, 1.165) is 4.90 Å². The number of nitrogens with zero attached hydrogens (tertiary/aromatic N) is 1. The van der Waals surface area contributed by atoms with Crippen molar-refractivity contribution in [1.29, 1.82) is 0 Å². The highest BCUT2D eigenvalue weighted by molar-refractivity contribution is 7.99. The molecule has 0 saturated carbocycles. The molecule has 1 amide bonds. The van der Waals surface area contributed by atoms with Crippen molar-refractivity contribution in [3.63, 3.8) is 0 Å². The minimum atomic E-state index is -1.23. The predicted molar refractivity (Wildman–Crippen MR) is 49.0 cm³/mol. The van der Waals surface area contributed by atoms with Gasteiger partial charge in [-0.25, -0.2) is 9.90 Å². The molecule has 1 aromatic heterocycles. The highest BCUT2D eigenvalue weighted by Crippen LogP contribution is 2.14. The molecule has 0 spiro atoms. The first-order valence-corrected chi connectivity index (χ1v) is 4.75. The van der Waals surface area contributed by atoms with Gasteiger partial charge in [-0.3, -0.25) is 4.98 Å². The fourth-order valence-corrected chi connectivity index (χ4v) is 1.51. The van der Waals surface area contributed by atoms with Crippen LogP contribution >= 0.6 is 11.8 Å². The third-order valence-corrected chi connectivity index (χ3v) is 2.30. The molecule has 69 valence electrons. The summed E-state index contributed by atoms with van der Waals surface area (Å²) < 4.78 is 0.